The second-order valence-corrected chi connectivity index (χ2v) is 6.18. The molecule has 0 radical (unpaired) electrons. The first-order valence-electron chi connectivity index (χ1n) is 9.08. The topological polar surface area (TPSA) is 69.8 Å². The Morgan fingerprint density at radius 2 is 2.04 bits per heavy atom. The molecule has 140 valence electrons. The van der Waals surface area contributed by atoms with E-state index in [0.29, 0.717) is 19.1 Å². The lowest BCUT2D eigenvalue weighted by atomic mass is 10.0. The molecule has 0 aliphatic carbocycles. The van der Waals surface area contributed by atoms with Crippen molar-refractivity contribution in [2.75, 3.05) is 19.8 Å². The molecule has 0 atom stereocenters. The molecule has 2 aromatic carbocycles. The molecule has 6 heteroatoms. The van der Waals surface area contributed by atoms with Gasteiger partial charge in [-0.1, -0.05) is 6.07 Å². The van der Waals surface area contributed by atoms with Crippen LogP contribution in [0.1, 0.15) is 19.4 Å². The number of nitrogens with one attached hydrogen (secondary N) is 1. The molecule has 0 unspecified atom stereocenters. The molecule has 6 nitrogen and oxygen atoms in total. The third kappa shape index (κ3) is 3.30. The van der Waals surface area contributed by atoms with Crippen LogP contribution in [0.2, 0.25) is 0 Å². The average Bonchev–Trinajstić information content (AvgIpc) is 3.25. The second kappa shape index (κ2) is 7.23. The normalized spacial score (nSPS) is 12.5. The number of aromatic amines is 1. The molecule has 1 aliphatic heterocycles. The van der Waals surface area contributed by atoms with E-state index >= 15 is 0 Å². The van der Waals surface area contributed by atoms with Crippen LogP contribution in [-0.4, -0.2) is 31.0 Å². The van der Waals surface area contributed by atoms with Gasteiger partial charge in [0.25, 0.3) is 0 Å². The Kier molecular flexibility index (Phi) is 4.62. The van der Waals surface area contributed by atoms with Crippen LogP contribution in [0, 0.1) is 0 Å². The summed E-state index contributed by atoms with van der Waals surface area (Å²) in [5.41, 5.74) is 3.74. The Morgan fingerprint density at radius 3 is 2.85 bits per heavy atom. The minimum atomic E-state index is -0.736. The van der Waals surface area contributed by atoms with E-state index in [4.69, 9.17) is 18.9 Å². The fourth-order valence-electron chi connectivity index (χ4n) is 3.34. The molecule has 0 fully saturated rings. The first-order valence-corrected chi connectivity index (χ1v) is 9.08. The summed E-state index contributed by atoms with van der Waals surface area (Å²) in [6.45, 7) is 5.19. The van der Waals surface area contributed by atoms with Crippen LogP contribution in [0.5, 0.6) is 17.4 Å². The largest absolute Gasteiger partial charge is 0.515 e. The van der Waals surface area contributed by atoms with Crippen molar-refractivity contribution in [3.8, 4) is 28.5 Å². The number of H-pyrrole nitrogens is 1. The smallest absolute Gasteiger partial charge is 0.494 e. The van der Waals surface area contributed by atoms with Crippen LogP contribution < -0.4 is 14.2 Å². The summed E-state index contributed by atoms with van der Waals surface area (Å²) in [7, 11) is 0. The van der Waals surface area contributed by atoms with Crippen LogP contribution in [0.15, 0.2) is 36.4 Å². The Morgan fingerprint density at radius 1 is 1.15 bits per heavy atom. The molecule has 1 aromatic heterocycles. The molecule has 0 saturated heterocycles. The fraction of sp³-hybridized carbons (Fsp3) is 0.286. The van der Waals surface area contributed by atoms with E-state index in [2.05, 4.69) is 11.1 Å². The summed E-state index contributed by atoms with van der Waals surface area (Å²) in [6, 6.07) is 11.8. The molecule has 0 spiro atoms. The lowest BCUT2D eigenvalue weighted by Crippen LogP contribution is -2.10. The Bertz CT molecular complexity index is 992. The first-order chi connectivity index (χ1) is 13.2. The van der Waals surface area contributed by atoms with Crippen molar-refractivity contribution < 1.29 is 23.7 Å². The van der Waals surface area contributed by atoms with Crippen LogP contribution in [0.3, 0.4) is 0 Å². The third-order valence-electron chi connectivity index (χ3n) is 4.47. The quantitative estimate of drug-likeness (QED) is 0.662. The monoisotopic (exact) mass is 367 g/mol. The van der Waals surface area contributed by atoms with Crippen LogP contribution in [-0.2, 0) is 11.2 Å². The highest BCUT2D eigenvalue weighted by molar-refractivity contribution is 6.00. The van der Waals surface area contributed by atoms with Gasteiger partial charge in [-0.15, -0.1) is 0 Å². The molecule has 0 bridgehead atoms. The maximum absolute atomic E-state index is 11.9. The summed E-state index contributed by atoms with van der Waals surface area (Å²) in [4.78, 5) is 15.1. The van der Waals surface area contributed by atoms with Gasteiger partial charge in [-0.25, -0.2) is 4.79 Å². The summed E-state index contributed by atoms with van der Waals surface area (Å²) in [5.74, 6) is 2.02. The van der Waals surface area contributed by atoms with E-state index in [1.165, 1.54) is 0 Å². The van der Waals surface area contributed by atoms with E-state index in [9.17, 15) is 4.79 Å². The van der Waals surface area contributed by atoms with Gasteiger partial charge in [0.1, 0.15) is 11.5 Å². The minimum absolute atomic E-state index is 0.249. The molecule has 0 saturated carbocycles. The number of ether oxygens (including phenoxy) is 4. The lowest BCUT2D eigenvalue weighted by Gasteiger charge is -2.08. The van der Waals surface area contributed by atoms with Gasteiger partial charge in [-0.05, 0) is 55.3 Å². The predicted octanol–water partition coefficient (Wildman–Crippen LogP) is 4.70. The van der Waals surface area contributed by atoms with Gasteiger partial charge in [0.15, 0.2) is 0 Å². The summed E-state index contributed by atoms with van der Waals surface area (Å²) in [5, 5.41) is 0.916. The zero-order chi connectivity index (χ0) is 18.8. The number of aromatic nitrogens is 1. The van der Waals surface area contributed by atoms with Crippen LogP contribution >= 0.6 is 0 Å². The Labute approximate surface area is 157 Å². The summed E-state index contributed by atoms with van der Waals surface area (Å²) in [6.07, 6.45) is 0.129. The van der Waals surface area contributed by atoms with Crippen LogP contribution in [0.4, 0.5) is 4.79 Å². The third-order valence-corrected chi connectivity index (χ3v) is 4.47. The van der Waals surface area contributed by atoms with Crippen molar-refractivity contribution in [2.45, 2.75) is 20.3 Å². The van der Waals surface area contributed by atoms with E-state index in [0.717, 1.165) is 45.5 Å². The van der Waals surface area contributed by atoms with E-state index in [-0.39, 0.29) is 6.61 Å². The van der Waals surface area contributed by atoms with Gasteiger partial charge in [0, 0.05) is 17.3 Å². The average molecular weight is 367 g/mol. The molecule has 3 aromatic rings. The molecular formula is C21H21NO5. The number of fused-ring (bicyclic) bond motifs is 2. The summed E-state index contributed by atoms with van der Waals surface area (Å²) >= 11 is 0. The zero-order valence-electron chi connectivity index (χ0n) is 15.3. The molecule has 4 rings (SSSR count). The summed E-state index contributed by atoms with van der Waals surface area (Å²) < 4.78 is 21.6. The Hall–Kier alpha value is -3.15. The van der Waals surface area contributed by atoms with Crippen LogP contribution in [0.25, 0.3) is 22.0 Å². The van der Waals surface area contributed by atoms with Crippen molar-refractivity contribution in [2.24, 2.45) is 0 Å². The SMILES string of the molecule is CCOC(=O)Oc1[nH]c2ccc(OCC)cc2c1-c1ccc2c(c1)CCO2. The molecule has 1 N–H and O–H groups in total. The number of carbonyl (C=O) groups excluding carboxylic acids is 1. The van der Waals surface area contributed by atoms with Crippen molar-refractivity contribution >= 4 is 17.1 Å². The van der Waals surface area contributed by atoms with Gasteiger partial charge >= 0.3 is 6.16 Å². The number of hydrogen-bond acceptors (Lipinski definition) is 5. The zero-order valence-corrected chi connectivity index (χ0v) is 15.3. The molecule has 2 heterocycles. The first kappa shape index (κ1) is 17.3. The standard InChI is InChI=1S/C21H21NO5/c1-3-24-15-6-7-17-16(12-15)19(20(22-17)27-21(23)25-4-2)14-5-8-18-13(11-14)9-10-26-18/h5-8,11-12,22H,3-4,9-10H2,1-2H3. The fourth-order valence-corrected chi connectivity index (χ4v) is 3.34. The van der Waals surface area contributed by atoms with Gasteiger partial charge in [0.2, 0.25) is 5.88 Å². The highest BCUT2D eigenvalue weighted by Crippen LogP contribution is 2.41. The molecule has 0 amide bonds. The van der Waals surface area contributed by atoms with E-state index < -0.39 is 6.16 Å². The number of hydrogen-bond donors (Lipinski definition) is 1. The highest BCUT2D eigenvalue weighted by atomic mass is 16.7. The van der Waals surface area contributed by atoms with Gasteiger partial charge in [-0.2, -0.15) is 0 Å². The molecule has 27 heavy (non-hydrogen) atoms. The number of carbonyl (C=O) groups is 1. The van der Waals surface area contributed by atoms with Gasteiger partial charge in [-0.3, -0.25) is 0 Å². The lowest BCUT2D eigenvalue weighted by molar-refractivity contribution is 0.103. The van der Waals surface area contributed by atoms with E-state index in [1.54, 1.807) is 6.92 Å². The maximum atomic E-state index is 11.9. The van der Waals surface area contributed by atoms with Gasteiger partial charge < -0.3 is 23.9 Å². The predicted molar refractivity (Wildman–Crippen MR) is 102 cm³/mol. The maximum Gasteiger partial charge on any atom is 0.515 e. The van der Waals surface area contributed by atoms with Crippen molar-refractivity contribution in [1.82, 2.24) is 4.98 Å². The van der Waals surface area contributed by atoms with Crippen molar-refractivity contribution in [3.05, 3.63) is 42.0 Å². The minimum Gasteiger partial charge on any atom is -0.494 e. The number of rotatable bonds is 5. The highest BCUT2D eigenvalue weighted by Gasteiger charge is 2.21. The molecular weight excluding hydrogens is 346 g/mol. The number of benzene rings is 2. The Balaban J connectivity index is 1.85. The van der Waals surface area contributed by atoms with Crippen molar-refractivity contribution in [3.63, 3.8) is 0 Å². The van der Waals surface area contributed by atoms with E-state index in [1.807, 2.05) is 37.3 Å². The van der Waals surface area contributed by atoms with Crippen molar-refractivity contribution in [1.29, 1.82) is 0 Å². The molecule has 1 aliphatic rings. The second-order valence-electron chi connectivity index (χ2n) is 6.18. The van der Waals surface area contributed by atoms with Gasteiger partial charge in [0.05, 0.1) is 25.4 Å².